The number of hydrogen-bond donors (Lipinski definition) is 0. The number of ether oxygens (including phenoxy) is 1. The molecule has 0 fully saturated rings. The van der Waals surface area contributed by atoms with E-state index < -0.39 is 0 Å². The fourth-order valence-corrected chi connectivity index (χ4v) is 4.45. The Morgan fingerprint density at radius 1 is 1.43 bits per heavy atom. The maximum absolute atomic E-state index is 11.8. The van der Waals surface area contributed by atoms with Gasteiger partial charge >= 0.3 is 5.97 Å². The van der Waals surface area contributed by atoms with Crippen molar-refractivity contribution in [1.29, 1.82) is 0 Å². The van der Waals surface area contributed by atoms with Crippen LogP contribution in [0.1, 0.15) is 68.6 Å². The predicted molar refractivity (Wildman–Crippen MR) is 102 cm³/mol. The Bertz CT molecular complexity index is 509. The molecule has 0 atom stereocenters. The highest BCUT2D eigenvalue weighted by molar-refractivity contribution is 7.98. The highest BCUT2D eigenvalue weighted by atomic mass is 32.2. The summed E-state index contributed by atoms with van der Waals surface area (Å²) < 4.78 is 7.77. The number of fused-ring (bicyclic) bond motifs is 1. The maximum atomic E-state index is 11.8. The molecule has 0 aliphatic carbocycles. The van der Waals surface area contributed by atoms with Gasteiger partial charge in [0.15, 0.2) is 0 Å². The molecule has 0 N–H and O–H groups in total. The zero-order chi connectivity index (χ0) is 17.6. The summed E-state index contributed by atoms with van der Waals surface area (Å²) in [4.78, 5) is 13.9. The molecule has 2 heterocycles. The van der Waals surface area contributed by atoms with Crippen molar-refractivity contribution in [2.24, 2.45) is 5.92 Å². The minimum Gasteiger partial charge on any atom is -0.462 e. The molecule has 2 rings (SSSR count). The number of carbonyl (C=O) groups excluding carboxylic acids is 1. The van der Waals surface area contributed by atoms with Gasteiger partial charge in [-0.05, 0) is 44.7 Å². The second kappa shape index (κ2) is 9.09. The summed E-state index contributed by atoms with van der Waals surface area (Å²) in [6.45, 7) is 17.4. The average Bonchev–Trinajstić information content (AvgIpc) is 2.92. The Balaban J connectivity index is 0.00000127. The molecule has 1 aliphatic rings. The van der Waals surface area contributed by atoms with E-state index in [4.69, 9.17) is 4.74 Å². The van der Waals surface area contributed by atoms with Crippen molar-refractivity contribution in [3.63, 3.8) is 0 Å². The molecule has 0 saturated carbocycles. The molecule has 0 amide bonds. The van der Waals surface area contributed by atoms with Gasteiger partial charge in [-0.3, -0.25) is 0 Å². The van der Waals surface area contributed by atoms with Crippen molar-refractivity contribution in [3.8, 4) is 0 Å². The van der Waals surface area contributed by atoms with E-state index in [1.807, 2.05) is 38.8 Å². The highest BCUT2D eigenvalue weighted by Gasteiger charge is 2.29. The molecule has 3 nitrogen and oxygen atoms in total. The van der Waals surface area contributed by atoms with Gasteiger partial charge in [0.05, 0.1) is 6.61 Å². The van der Waals surface area contributed by atoms with Crippen molar-refractivity contribution in [3.05, 3.63) is 21.4 Å². The summed E-state index contributed by atoms with van der Waals surface area (Å²) in [7, 11) is 0. The molecule has 23 heavy (non-hydrogen) atoms. The lowest BCUT2D eigenvalue weighted by atomic mass is 10.00. The van der Waals surface area contributed by atoms with Crippen LogP contribution in [0.4, 0.5) is 0 Å². The number of hydrogen-bond acceptors (Lipinski definition) is 5. The van der Waals surface area contributed by atoms with E-state index in [-0.39, 0.29) is 10.7 Å². The van der Waals surface area contributed by atoms with Crippen LogP contribution < -0.4 is 0 Å². The quantitative estimate of drug-likeness (QED) is 0.522. The van der Waals surface area contributed by atoms with E-state index in [0.717, 1.165) is 24.4 Å². The summed E-state index contributed by atoms with van der Waals surface area (Å²) in [6, 6.07) is 2.02. The highest BCUT2D eigenvalue weighted by Crippen LogP contribution is 2.39. The minimum atomic E-state index is -0.182. The normalized spacial score (nSPS) is 15.0. The molecule has 0 unspecified atom stereocenters. The van der Waals surface area contributed by atoms with E-state index in [9.17, 15) is 4.79 Å². The van der Waals surface area contributed by atoms with Gasteiger partial charge in [-0.2, -0.15) is 0 Å². The van der Waals surface area contributed by atoms with Crippen LogP contribution in [0, 0.1) is 5.92 Å². The predicted octanol–water partition coefficient (Wildman–Crippen LogP) is 5.39. The zero-order valence-electron chi connectivity index (χ0n) is 15.6. The van der Waals surface area contributed by atoms with Gasteiger partial charge in [0.1, 0.15) is 4.88 Å². The van der Waals surface area contributed by atoms with Gasteiger partial charge in [-0.25, -0.2) is 9.10 Å². The van der Waals surface area contributed by atoms with Crippen LogP contribution in [0.15, 0.2) is 6.07 Å². The monoisotopic (exact) mass is 357 g/mol. The largest absolute Gasteiger partial charge is 0.462 e. The van der Waals surface area contributed by atoms with Gasteiger partial charge in [-0.1, -0.05) is 39.6 Å². The minimum absolute atomic E-state index is 0.182. The van der Waals surface area contributed by atoms with Crippen molar-refractivity contribution in [2.45, 2.75) is 66.2 Å². The van der Waals surface area contributed by atoms with Gasteiger partial charge in [0.2, 0.25) is 0 Å². The Hall–Kier alpha value is -0.520. The second-order valence-electron chi connectivity index (χ2n) is 6.24. The molecule has 1 aliphatic heterocycles. The summed E-state index contributed by atoms with van der Waals surface area (Å²) in [5.41, 5.74) is 1.29. The third-order valence-electron chi connectivity index (χ3n) is 4.06. The third kappa shape index (κ3) is 5.50. The number of esters is 1. The van der Waals surface area contributed by atoms with Crippen LogP contribution in [0.5, 0.6) is 0 Å². The topological polar surface area (TPSA) is 29.5 Å². The summed E-state index contributed by atoms with van der Waals surface area (Å²) in [6.07, 6.45) is 1.03. The van der Waals surface area contributed by atoms with Crippen LogP contribution in [-0.4, -0.2) is 28.2 Å². The maximum Gasteiger partial charge on any atom is 0.348 e. The molecule has 1 aromatic rings. The van der Waals surface area contributed by atoms with Crippen LogP contribution >= 0.6 is 23.3 Å². The lowest BCUT2D eigenvalue weighted by molar-refractivity contribution is 0.0532. The van der Waals surface area contributed by atoms with E-state index in [0.29, 0.717) is 12.5 Å². The van der Waals surface area contributed by atoms with Crippen molar-refractivity contribution < 1.29 is 9.53 Å². The van der Waals surface area contributed by atoms with Gasteiger partial charge in [-0.15, -0.1) is 11.3 Å². The molecule has 5 heteroatoms. The molecule has 0 radical (unpaired) electrons. The first-order valence-corrected chi connectivity index (χ1v) is 10.1. The molecule has 1 aromatic heterocycles. The number of thiophene rings is 1. The Morgan fingerprint density at radius 2 is 2.09 bits per heavy atom. The van der Waals surface area contributed by atoms with Crippen molar-refractivity contribution in [1.82, 2.24) is 4.31 Å². The van der Waals surface area contributed by atoms with E-state index in [1.165, 1.54) is 10.4 Å². The van der Waals surface area contributed by atoms with Gasteiger partial charge in [0.25, 0.3) is 0 Å². The van der Waals surface area contributed by atoms with Gasteiger partial charge < -0.3 is 4.74 Å². The third-order valence-corrected chi connectivity index (χ3v) is 6.79. The first kappa shape index (κ1) is 20.5. The smallest absolute Gasteiger partial charge is 0.348 e. The molecule has 0 saturated heterocycles. The number of carbonyl (C=O) groups is 1. The molecular weight excluding hydrogens is 326 g/mol. The molecule has 0 spiro atoms. The molecular formula is C18H31NO2S2. The second-order valence-corrected chi connectivity index (χ2v) is 9.13. The average molecular weight is 358 g/mol. The Labute approximate surface area is 149 Å². The van der Waals surface area contributed by atoms with E-state index in [2.05, 4.69) is 32.0 Å². The molecule has 0 bridgehead atoms. The summed E-state index contributed by atoms with van der Waals surface area (Å²) in [5.74, 6) is 0.445. The zero-order valence-corrected chi connectivity index (χ0v) is 17.2. The standard InChI is InChI=1S/C16H25NO2S2.C2H6/c1-6-19-15(18)14-9-12-10-17(8-7-13(12)20-14)21-16(4,5)11(2)3;1-2/h9,11H,6-8,10H2,1-5H3;1-2H3. The first-order chi connectivity index (χ1) is 10.8. The van der Waals surface area contributed by atoms with Gasteiger partial charge in [0, 0.05) is 22.7 Å². The van der Waals surface area contributed by atoms with E-state index in [1.54, 1.807) is 11.3 Å². The van der Waals surface area contributed by atoms with E-state index >= 15 is 0 Å². The van der Waals surface area contributed by atoms with Crippen LogP contribution in [0.3, 0.4) is 0 Å². The van der Waals surface area contributed by atoms with Crippen molar-refractivity contribution >= 4 is 29.3 Å². The fraction of sp³-hybridized carbons (Fsp3) is 0.722. The lowest BCUT2D eigenvalue weighted by Crippen LogP contribution is -2.32. The SMILES string of the molecule is CC.CCOC(=O)c1cc2c(s1)CCN(SC(C)(C)C(C)C)C2. The summed E-state index contributed by atoms with van der Waals surface area (Å²) in [5, 5.41) is 0. The van der Waals surface area contributed by atoms with Crippen LogP contribution in [-0.2, 0) is 17.7 Å². The Kier molecular flexibility index (Phi) is 8.11. The van der Waals surface area contributed by atoms with Crippen molar-refractivity contribution in [2.75, 3.05) is 13.2 Å². The molecule has 0 aromatic carbocycles. The number of nitrogens with zero attached hydrogens (tertiary/aromatic N) is 1. The molecule has 132 valence electrons. The first-order valence-electron chi connectivity index (χ1n) is 8.56. The van der Waals surface area contributed by atoms with Crippen LogP contribution in [0.2, 0.25) is 0 Å². The number of rotatable bonds is 5. The van der Waals surface area contributed by atoms with Crippen LogP contribution in [0.25, 0.3) is 0 Å². The lowest BCUT2D eigenvalue weighted by Gasteiger charge is -2.36. The summed E-state index contributed by atoms with van der Waals surface area (Å²) >= 11 is 3.54. The fourth-order valence-electron chi connectivity index (χ4n) is 2.13. The Morgan fingerprint density at radius 3 is 2.65 bits per heavy atom.